The minimum absolute atomic E-state index is 0.110. The van der Waals surface area contributed by atoms with Crippen LogP contribution in [0.15, 0.2) is 76.5 Å². The first kappa shape index (κ1) is 17.9. The van der Waals surface area contributed by atoms with Crippen molar-refractivity contribution in [3.63, 3.8) is 0 Å². The van der Waals surface area contributed by atoms with Gasteiger partial charge in [0.25, 0.3) is 0 Å². The quantitative estimate of drug-likeness (QED) is 0.652. The second kappa shape index (κ2) is 8.01. The SMILES string of the molecule is O=C(CCS(=O)(=O)c1ccccc1)NC[C@H](c1ccco1)n1cccn1. The van der Waals surface area contributed by atoms with Crippen LogP contribution in [0, 0.1) is 0 Å². The molecule has 0 fully saturated rings. The lowest BCUT2D eigenvalue weighted by Crippen LogP contribution is -2.32. The molecule has 8 heteroatoms. The van der Waals surface area contributed by atoms with Gasteiger partial charge in [-0.15, -0.1) is 0 Å². The summed E-state index contributed by atoms with van der Waals surface area (Å²) in [5.74, 6) is 0.0786. The molecule has 1 atom stereocenters. The number of amides is 1. The first-order valence-corrected chi connectivity index (χ1v) is 9.78. The molecule has 0 aliphatic rings. The molecule has 0 spiro atoms. The summed E-state index contributed by atoms with van der Waals surface area (Å²) in [5.41, 5.74) is 0. The summed E-state index contributed by atoms with van der Waals surface area (Å²) in [6.07, 6.45) is 4.87. The number of carbonyl (C=O) groups is 1. The molecule has 7 nitrogen and oxygen atoms in total. The third-order valence-electron chi connectivity index (χ3n) is 3.91. The van der Waals surface area contributed by atoms with Gasteiger partial charge in [-0.25, -0.2) is 8.42 Å². The van der Waals surface area contributed by atoms with Crippen LogP contribution in [0.2, 0.25) is 0 Å². The zero-order valence-corrected chi connectivity index (χ0v) is 14.8. The van der Waals surface area contributed by atoms with Crippen LogP contribution in [0.3, 0.4) is 0 Å². The van der Waals surface area contributed by atoms with Gasteiger partial charge in [0.1, 0.15) is 11.8 Å². The fourth-order valence-electron chi connectivity index (χ4n) is 2.54. The fraction of sp³-hybridized carbons (Fsp3) is 0.222. The number of sulfone groups is 1. The van der Waals surface area contributed by atoms with E-state index in [1.54, 1.807) is 59.7 Å². The maximum absolute atomic E-state index is 12.2. The number of benzene rings is 1. The smallest absolute Gasteiger partial charge is 0.221 e. The van der Waals surface area contributed by atoms with Crippen molar-refractivity contribution in [2.75, 3.05) is 12.3 Å². The van der Waals surface area contributed by atoms with E-state index in [1.807, 2.05) is 0 Å². The van der Waals surface area contributed by atoms with Crippen molar-refractivity contribution in [1.29, 1.82) is 0 Å². The molecule has 0 bridgehead atoms. The Morgan fingerprint density at radius 2 is 1.96 bits per heavy atom. The number of furan rings is 1. The van der Waals surface area contributed by atoms with Crippen molar-refractivity contribution in [3.8, 4) is 0 Å². The summed E-state index contributed by atoms with van der Waals surface area (Å²) in [6, 6.07) is 13.2. The van der Waals surface area contributed by atoms with E-state index in [0.29, 0.717) is 5.76 Å². The molecule has 1 N–H and O–H groups in total. The van der Waals surface area contributed by atoms with E-state index in [4.69, 9.17) is 4.42 Å². The Labute approximate surface area is 151 Å². The van der Waals surface area contributed by atoms with Gasteiger partial charge in [-0.2, -0.15) is 5.10 Å². The van der Waals surface area contributed by atoms with Gasteiger partial charge >= 0.3 is 0 Å². The number of hydrogen-bond acceptors (Lipinski definition) is 5. The predicted molar refractivity (Wildman–Crippen MR) is 95.2 cm³/mol. The lowest BCUT2D eigenvalue weighted by atomic mass is 10.2. The van der Waals surface area contributed by atoms with Gasteiger partial charge < -0.3 is 9.73 Å². The van der Waals surface area contributed by atoms with Gasteiger partial charge in [-0.1, -0.05) is 18.2 Å². The molecule has 0 radical (unpaired) electrons. The molecule has 26 heavy (non-hydrogen) atoms. The highest BCUT2D eigenvalue weighted by atomic mass is 32.2. The number of hydrogen-bond donors (Lipinski definition) is 1. The second-order valence-corrected chi connectivity index (χ2v) is 7.81. The van der Waals surface area contributed by atoms with Crippen molar-refractivity contribution in [3.05, 3.63) is 72.9 Å². The average molecular weight is 373 g/mol. The molecule has 136 valence electrons. The van der Waals surface area contributed by atoms with Gasteiger partial charge in [0, 0.05) is 25.4 Å². The van der Waals surface area contributed by atoms with Crippen molar-refractivity contribution < 1.29 is 17.6 Å². The Balaban J connectivity index is 1.58. The van der Waals surface area contributed by atoms with Gasteiger partial charge in [-0.05, 0) is 30.3 Å². The molecule has 3 aromatic rings. The van der Waals surface area contributed by atoms with E-state index in [1.165, 1.54) is 12.1 Å². The minimum atomic E-state index is -3.48. The molecular weight excluding hydrogens is 354 g/mol. The van der Waals surface area contributed by atoms with E-state index in [2.05, 4.69) is 10.4 Å². The third kappa shape index (κ3) is 4.40. The molecule has 2 heterocycles. The summed E-state index contributed by atoms with van der Waals surface area (Å²) < 4.78 is 31.6. The summed E-state index contributed by atoms with van der Waals surface area (Å²) in [6.45, 7) is 0.249. The molecule has 0 aliphatic heterocycles. The molecule has 1 amide bonds. The number of nitrogens with one attached hydrogen (secondary N) is 1. The van der Waals surface area contributed by atoms with Crippen molar-refractivity contribution >= 4 is 15.7 Å². The van der Waals surface area contributed by atoms with E-state index in [-0.39, 0.29) is 35.6 Å². The number of carbonyl (C=O) groups excluding carboxylic acids is 1. The highest BCUT2D eigenvalue weighted by molar-refractivity contribution is 7.91. The molecular formula is C18H19N3O4S. The molecule has 0 unspecified atom stereocenters. The monoisotopic (exact) mass is 373 g/mol. The van der Waals surface area contributed by atoms with E-state index in [9.17, 15) is 13.2 Å². The maximum Gasteiger partial charge on any atom is 0.221 e. The topological polar surface area (TPSA) is 94.2 Å². The van der Waals surface area contributed by atoms with Crippen LogP contribution in [-0.2, 0) is 14.6 Å². The molecule has 2 aromatic heterocycles. The highest BCUT2D eigenvalue weighted by Gasteiger charge is 2.20. The summed E-state index contributed by atoms with van der Waals surface area (Å²) in [4.78, 5) is 12.3. The van der Waals surface area contributed by atoms with Crippen molar-refractivity contribution in [2.45, 2.75) is 17.4 Å². The van der Waals surface area contributed by atoms with Crippen LogP contribution in [-0.4, -0.2) is 36.4 Å². The normalized spacial score (nSPS) is 12.6. The average Bonchev–Trinajstić information content (AvgIpc) is 3.36. The Kier molecular flexibility index (Phi) is 5.52. The maximum atomic E-state index is 12.2. The van der Waals surface area contributed by atoms with Crippen LogP contribution in [0.1, 0.15) is 18.2 Å². The second-order valence-electron chi connectivity index (χ2n) is 5.70. The highest BCUT2D eigenvalue weighted by Crippen LogP contribution is 2.17. The van der Waals surface area contributed by atoms with Crippen LogP contribution in [0.25, 0.3) is 0 Å². The van der Waals surface area contributed by atoms with Gasteiger partial charge in [0.2, 0.25) is 5.91 Å². The lowest BCUT2D eigenvalue weighted by molar-refractivity contribution is -0.120. The van der Waals surface area contributed by atoms with Crippen LogP contribution in [0.5, 0.6) is 0 Å². The summed E-state index contributed by atoms with van der Waals surface area (Å²) >= 11 is 0. The molecule has 0 saturated heterocycles. The summed E-state index contributed by atoms with van der Waals surface area (Å²) in [5, 5.41) is 6.94. The molecule has 0 saturated carbocycles. The standard InChI is InChI=1S/C18H19N3O4S/c22-18(9-13-26(23,24)15-6-2-1-3-7-15)19-14-16(17-8-4-12-25-17)21-11-5-10-20-21/h1-8,10-12,16H,9,13-14H2,(H,19,22)/t16-/m1/s1. The molecule has 0 aliphatic carbocycles. The summed E-state index contributed by atoms with van der Waals surface area (Å²) in [7, 11) is -3.48. The van der Waals surface area contributed by atoms with Gasteiger partial charge in [0.05, 0.1) is 16.9 Å². The van der Waals surface area contributed by atoms with Crippen LogP contribution < -0.4 is 5.32 Å². The minimum Gasteiger partial charge on any atom is -0.467 e. The number of nitrogens with zero attached hydrogens (tertiary/aromatic N) is 2. The Hall–Kier alpha value is -2.87. The van der Waals surface area contributed by atoms with Crippen LogP contribution in [0.4, 0.5) is 0 Å². The molecule has 1 aromatic carbocycles. The predicted octanol–water partition coefficient (Wildman–Crippen LogP) is 2.05. The Morgan fingerprint density at radius 1 is 1.15 bits per heavy atom. The fourth-order valence-corrected chi connectivity index (χ4v) is 3.80. The number of rotatable bonds is 8. The first-order chi connectivity index (χ1) is 12.6. The molecule has 3 rings (SSSR count). The van der Waals surface area contributed by atoms with Gasteiger partial charge in [0.15, 0.2) is 9.84 Å². The van der Waals surface area contributed by atoms with Crippen molar-refractivity contribution in [1.82, 2.24) is 15.1 Å². The zero-order chi connectivity index (χ0) is 18.4. The van der Waals surface area contributed by atoms with Gasteiger partial charge in [-0.3, -0.25) is 9.48 Å². The van der Waals surface area contributed by atoms with Crippen LogP contribution >= 0.6 is 0 Å². The van der Waals surface area contributed by atoms with E-state index >= 15 is 0 Å². The third-order valence-corrected chi connectivity index (χ3v) is 5.64. The van der Waals surface area contributed by atoms with Crippen molar-refractivity contribution in [2.24, 2.45) is 0 Å². The largest absolute Gasteiger partial charge is 0.467 e. The van der Waals surface area contributed by atoms with E-state index < -0.39 is 9.84 Å². The zero-order valence-electron chi connectivity index (χ0n) is 14.0. The van der Waals surface area contributed by atoms with E-state index in [0.717, 1.165) is 0 Å². The Morgan fingerprint density at radius 3 is 2.62 bits per heavy atom. The number of aromatic nitrogens is 2. The first-order valence-electron chi connectivity index (χ1n) is 8.13. The Bertz CT molecular complexity index is 886. The lowest BCUT2D eigenvalue weighted by Gasteiger charge is -2.16.